The van der Waals surface area contributed by atoms with Gasteiger partial charge in [-0.2, -0.15) is 0 Å². The topological polar surface area (TPSA) is 81.4 Å². The Morgan fingerprint density at radius 1 is 1.35 bits per heavy atom. The van der Waals surface area contributed by atoms with E-state index in [9.17, 15) is 9.59 Å². The van der Waals surface area contributed by atoms with Gasteiger partial charge in [0.15, 0.2) is 0 Å². The highest BCUT2D eigenvalue weighted by Crippen LogP contribution is 2.27. The first kappa shape index (κ1) is 17.5. The van der Waals surface area contributed by atoms with Crippen LogP contribution in [0.5, 0.6) is 0 Å². The molecule has 2 rings (SSSR count). The zero-order chi connectivity index (χ0) is 16.9. The van der Waals surface area contributed by atoms with Crippen molar-refractivity contribution in [1.82, 2.24) is 5.32 Å². The summed E-state index contributed by atoms with van der Waals surface area (Å²) < 4.78 is 4.88. The first-order valence-corrected chi connectivity index (χ1v) is 8.15. The molecule has 0 spiro atoms. The van der Waals surface area contributed by atoms with E-state index in [1.165, 1.54) is 7.11 Å². The first-order valence-electron chi connectivity index (χ1n) is 8.15. The number of carbonyl (C=O) groups excluding carboxylic acids is 2. The van der Waals surface area contributed by atoms with E-state index in [2.05, 4.69) is 5.32 Å². The Morgan fingerprint density at radius 3 is 2.65 bits per heavy atom. The molecule has 0 aromatic heterocycles. The molecule has 1 aliphatic rings. The third-order valence-electron chi connectivity index (χ3n) is 4.56. The van der Waals surface area contributed by atoms with Crippen LogP contribution in [0.1, 0.15) is 36.8 Å². The largest absolute Gasteiger partial charge is 0.469 e. The Kier molecular flexibility index (Phi) is 5.77. The Balaban J connectivity index is 1.98. The fourth-order valence-corrected chi connectivity index (χ4v) is 3.15. The molecule has 1 aliphatic carbocycles. The van der Waals surface area contributed by atoms with Gasteiger partial charge >= 0.3 is 5.97 Å². The molecule has 0 bridgehead atoms. The number of amides is 1. The lowest BCUT2D eigenvalue weighted by Crippen LogP contribution is -2.53. The van der Waals surface area contributed by atoms with E-state index >= 15 is 0 Å². The molecule has 1 unspecified atom stereocenters. The van der Waals surface area contributed by atoms with Crippen molar-refractivity contribution in [3.8, 4) is 0 Å². The van der Waals surface area contributed by atoms with Gasteiger partial charge in [-0.1, -0.05) is 42.7 Å². The van der Waals surface area contributed by atoms with Crippen molar-refractivity contribution in [3.05, 3.63) is 35.4 Å². The zero-order valence-corrected chi connectivity index (χ0v) is 13.9. The van der Waals surface area contributed by atoms with Gasteiger partial charge in [0.25, 0.3) is 0 Å². The summed E-state index contributed by atoms with van der Waals surface area (Å²) in [5, 5.41) is 2.85. The molecule has 1 aromatic carbocycles. The number of hydrogen-bond acceptors (Lipinski definition) is 4. The normalized spacial score (nSPS) is 17.5. The number of nitrogens with two attached hydrogens (primary N) is 1. The number of aryl methyl sites for hydroxylation is 1. The summed E-state index contributed by atoms with van der Waals surface area (Å²) in [4.78, 5) is 24.3. The summed E-state index contributed by atoms with van der Waals surface area (Å²) in [7, 11) is 1.37. The van der Waals surface area contributed by atoms with Crippen LogP contribution >= 0.6 is 0 Å². The summed E-state index contributed by atoms with van der Waals surface area (Å²) in [5.41, 5.74) is 7.56. The van der Waals surface area contributed by atoms with Gasteiger partial charge in [0, 0.05) is 6.54 Å². The quantitative estimate of drug-likeness (QED) is 0.783. The fourth-order valence-electron chi connectivity index (χ4n) is 3.15. The average molecular weight is 318 g/mol. The van der Waals surface area contributed by atoms with Crippen molar-refractivity contribution in [2.24, 2.45) is 11.7 Å². The molecule has 1 amide bonds. The lowest BCUT2D eigenvalue weighted by atomic mass is 9.95. The summed E-state index contributed by atoms with van der Waals surface area (Å²) in [6.07, 6.45) is 3.91. The molecule has 23 heavy (non-hydrogen) atoms. The maximum Gasteiger partial charge on any atom is 0.310 e. The number of esters is 1. The van der Waals surface area contributed by atoms with Gasteiger partial charge in [-0.25, -0.2) is 0 Å². The van der Waals surface area contributed by atoms with Crippen molar-refractivity contribution >= 4 is 11.9 Å². The van der Waals surface area contributed by atoms with E-state index < -0.39 is 11.5 Å². The van der Waals surface area contributed by atoms with Crippen molar-refractivity contribution in [2.45, 2.75) is 44.6 Å². The molecule has 1 aromatic rings. The summed E-state index contributed by atoms with van der Waals surface area (Å²) >= 11 is 0. The lowest BCUT2D eigenvalue weighted by molar-refractivity contribution is -0.145. The van der Waals surface area contributed by atoms with E-state index in [1.807, 2.05) is 31.2 Å². The Hall–Kier alpha value is -1.88. The van der Waals surface area contributed by atoms with E-state index in [0.717, 1.165) is 24.0 Å². The van der Waals surface area contributed by atoms with Crippen molar-refractivity contribution in [1.29, 1.82) is 0 Å². The van der Waals surface area contributed by atoms with E-state index in [4.69, 9.17) is 10.5 Å². The standard InChI is InChI=1S/C18H26N2O3/c1-13-6-5-7-14(10-13)11-15(16(21)23-2)12-20-17(22)18(19)8-3-4-9-18/h5-7,10,15H,3-4,8-9,11-12,19H2,1-2H3,(H,20,22). The van der Waals surface area contributed by atoms with Gasteiger partial charge in [0.2, 0.25) is 5.91 Å². The molecule has 1 atom stereocenters. The van der Waals surface area contributed by atoms with Crippen LogP contribution in [0.3, 0.4) is 0 Å². The highest BCUT2D eigenvalue weighted by molar-refractivity contribution is 5.86. The molecule has 5 heteroatoms. The van der Waals surface area contributed by atoms with Crippen LogP contribution < -0.4 is 11.1 Å². The predicted molar refractivity (Wildman–Crippen MR) is 88.8 cm³/mol. The van der Waals surface area contributed by atoms with Crippen LogP contribution in [0.2, 0.25) is 0 Å². The molecular formula is C18H26N2O3. The van der Waals surface area contributed by atoms with Crippen molar-refractivity contribution < 1.29 is 14.3 Å². The minimum absolute atomic E-state index is 0.159. The second-order valence-electron chi connectivity index (χ2n) is 6.49. The number of rotatable bonds is 6. The fraction of sp³-hybridized carbons (Fsp3) is 0.556. The minimum Gasteiger partial charge on any atom is -0.469 e. The van der Waals surface area contributed by atoms with Gasteiger partial charge in [0.1, 0.15) is 0 Å². The Bertz CT molecular complexity index is 565. The Morgan fingerprint density at radius 2 is 2.04 bits per heavy atom. The van der Waals surface area contributed by atoms with E-state index in [-0.39, 0.29) is 18.4 Å². The molecule has 3 N–H and O–H groups in total. The number of hydrogen-bond donors (Lipinski definition) is 2. The van der Waals surface area contributed by atoms with Gasteiger partial charge < -0.3 is 15.8 Å². The number of nitrogens with one attached hydrogen (secondary N) is 1. The predicted octanol–water partition coefficient (Wildman–Crippen LogP) is 1.71. The van der Waals surface area contributed by atoms with Crippen LogP contribution in [0.25, 0.3) is 0 Å². The monoisotopic (exact) mass is 318 g/mol. The number of methoxy groups -OCH3 is 1. The second kappa shape index (κ2) is 7.59. The molecule has 1 fully saturated rings. The van der Waals surface area contributed by atoms with Crippen LogP contribution in [-0.4, -0.2) is 31.1 Å². The second-order valence-corrected chi connectivity index (χ2v) is 6.49. The molecule has 1 saturated carbocycles. The smallest absolute Gasteiger partial charge is 0.310 e. The van der Waals surface area contributed by atoms with Gasteiger partial charge in [-0.05, 0) is 31.7 Å². The molecular weight excluding hydrogens is 292 g/mol. The molecule has 0 saturated heterocycles. The van der Waals surface area contributed by atoms with E-state index in [1.54, 1.807) is 0 Å². The van der Waals surface area contributed by atoms with Crippen LogP contribution in [0, 0.1) is 12.8 Å². The van der Waals surface area contributed by atoms with Gasteiger partial charge in [-0.3, -0.25) is 9.59 Å². The lowest BCUT2D eigenvalue weighted by Gasteiger charge is -2.24. The first-order chi connectivity index (χ1) is 10.9. The zero-order valence-electron chi connectivity index (χ0n) is 13.9. The highest BCUT2D eigenvalue weighted by atomic mass is 16.5. The Labute approximate surface area is 137 Å². The maximum atomic E-state index is 12.3. The minimum atomic E-state index is -0.774. The van der Waals surface area contributed by atoms with Crippen LogP contribution in [-0.2, 0) is 20.7 Å². The number of carbonyl (C=O) groups is 2. The third kappa shape index (κ3) is 4.55. The van der Waals surface area contributed by atoms with Crippen molar-refractivity contribution in [3.63, 3.8) is 0 Å². The average Bonchev–Trinajstić information content (AvgIpc) is 2.98. The molecule has 5 nitrogen and oxygen atoms in total. The van der Waals surface area contributed by atoms with E-state index in [0.29, 0.717) is 19.3 Å². The third-order valence-corrected chi connectivity index (χ3v) is 4.56. The molecule has 0 radical (unpaired) electrons. The van der Waals surface area contributed by atoms with Gasteiger partial charge in [0.05, 0.1) is 18.6 Å². The summed E-state index contributed by atoms with van der Waals surface area (Å²) in [5.74, 6) is -0.881. The molecule has 126 valence electrons. The molecule has 0 aliphatic heterocycles. The van der Waals surface area contributed by atoms with Crippen molar-refractivity contribution in [2.75, 3.05) is 13.7 Å². The van der Waals surface area contributed by atoms with Crippen LogP contribution in [0.4, 0.5) is 0 Å². The van der Waals surface area contributed by atoms with Gasteiger partial charge in [-0.15, -0.1) is 0 Å². The summed E-state index contributed by atoms with van der Waals surface area (Å²) in [6, 6.07) is 7.99. The maximum absolute atomic E-state index is 12.3. The number of ether oxygens (including phenoxy) is 1. The summed E-state index contributed by atoms with van der Waals surface area (Å²) in [6.45, 7) is 2.26. The SMILES string of the molecule is COC(=O)C(CNC(=O)C1(N)CCCC1)Cc1cccc(C)c1. The highest BCUT2D eigenvalue weighted by Gasteiger charge is 2.37. The number of benzene rings is 1. The van der Waals surface area contributed by atoms with Crippen LogP contribution in [0.15, 0.2) is 24.3 Å². The molecule has 0 heterocycles.